The molecular weight excluding hydrogens is 236 g/mol. The first-order valence-corrected chi connectivity index (χ1v) is 5.29. The lowest BCUT2D eigenvalue weighted by Crippen LogP contribution is -2.40. The van der Waals surface area contributed by atoms with Gasteiger partial charge in [0, 0.05) is 19.4 Å². The molecule has 7 nitrogen and oxygen atoms in total. The van der Waals surface area contributed by atoms with E-state index in [-0.39, 0.29) is 0 Å². The van der Waals surface area contributed by atoms with Crippen LogP contribution in [0.4, 0.5) is 0 Å². The first kappa shape index (κ1) is 12.0. The van der Waals surface area contributed by atoms with E-state index in [2.05, 4.69) is 10.1 Å². The monoisotopic (exact) mass is 248 g/mol. The molecule has 0 aliphatic rings. The minimum atomic E-state index is -1.06. The van der Waals surface area contributed by atoms with E-state index in [1.807, 2.05) is 0 Å². The van der Waals surface area contributed by atoms with Crippen molar-refractivity contribution >= 4 is 17.4 Å². The zero-order chi connectivity index (χ0) is 13.3. The molecule has 18 heavy (non-hydrogen) atoms. The highest BCUT2D eigenvalue weighted by atomic mass is 16.4. The highest BCUT2D eigenvalue weighted by Gasteiger charge is 2.24. The molecule has 2 heterocycles. The SMILES string of the molecule is CC(C(=O)O)N(C)C(=O)c1cnn2ccncc12. The third-order valence-electron chi connectivity index (χ3n) is 2.81. The van der Waals surface area contributed by atoms with E-state index in [1.165, 1.54) is 30.9 Å². The Balaban J connectivity index is 2.37. The summed E-state index contributed by atoms with van der Waals surface area (Å²) in [4.78, 5) is 28.1. The van der Waals surface area contributed by atoms with Crippen molar-refractivity contribution in [3.05, 3.63) is 30.4 Å². The number of carbonyl (C=O) groups excluding carboxylic acids is 1. The molecule has 94 valence electrons. The fourth-order valence-electron chi connectivity index (χ4n) is 1.53. The number of carboxylic acids is 1. The molecule has 2 rings (SSSR count). The van der Waals surface area contributed by atoms with Crippen molar-refractivity contribution in [2.45, 2.75) is 13.0 Å². The van der Waals surface area contributed by atoms with Crippen molar-refractivity contribution in [3.63, 3.8) is 0 Å². The summed E-state index contributed by atoms with van der Waals surface area (Å²) < 4.78 is 1.51. The topological polar surface area (TPSA) is 87.8 Å². The van der Waals surface area contributed by atoms with E-state index in [0.717, 1.165) is 4.90 Å². The Morgan fingerprint density at radius 3 is 2.83 bits per heavy atom. The van der Waals surface area contributed by atoms with Crippen LogP contribution in [0, 0.1) is 0 Å². The number of fused-ring (bicyclic) bond motifs is 1. The fraction of sp³-hybridized carbons (Fsp3) is 0.273. The van der Waals surface area contributed by atoms with Gasteiger partial charge >= 0.3 is 5.97 Å². The number of carboxylic acid groups (broad SMARTS) is 1. The van der Waals surface area contributed by atoms with Gasteiger partial charge in [-0.3, -0.25) is 9.78 Å². The van der Waals surface area contributed by atoms with Gasteiger partial charge in [-0.15, -0.1) is 0 Å². The van der Waals surface area contributed by atoms with E-state index in [1.54, 1.807) is 12.4 Å². The van der Waals surface area contributed by atoms with Gasteiger partial charge in [0.05, 0.1) is 23.5 Å². The number of nitrogens with zero attached hydrogens (tertiary/aromatic N) is 4. The fourth-order valence-corrected chi connectivity index (χ4v) is 1.53. The molecule has 0 bridgehead atoms. The first-order chi connectivity index (χ1) is 8.52. The van der Waals surface area contributed by atoms with Crippen LogP contribution in [-0.4, -0.2) is 49.6 Å². The number of aliphatic carboxylic acids is 1. The van der Waals surface area contributed by atoms with E-state index in [0.29, 0.717) is 11.1 Å². The first-order valence-electron chi connectivity index (χ1n) is 5.29. The largest absolute Gasteiger partial charge is 0.480 e. The zero-order valence-electron chi connectivity index (χ0n) is 9.94. The summed E-state index contributed by atoms with van der Waals surface area (Å²) in [6.45, 7) is 1.45. The van der Waals surface area contributed by atoms with Crippen LogP contribution in [0.2, 0.25) is 0 Å². The Morgan fingerprint density at radius 2 is 2.17 bits per heavy atom. The lowest BCUT2D eigenvalue weighted by molar-refractivity contribution is -0.141. The average Bonchev–Trinajstić information content (AvgIpc) is 2.79. The molecule has 1 N–H and O–H groups in total. The second-order valence-corrected chi connectivity index (χ2v) is 3.89. The third kappa shape index (κ3) is 1.90. The summed E-state index contributed by atoms with van der Waals surface area (Å²) in [6.07, 6.45) is 6.09. The summed E-state index contributed by atoms with van der Waals surface area (Å²) >= 11 is 0. The molecule has 0 aliphatic carbocycles. The lowest BCUT2D eigenvalue weighted by Gasteiger charge is -2.20. The standard InChI is InChI=1S/C11H12N4O3/c1-7(11(17)18)14(2)10(16)8-5-13-15-4-3-12-6-9(8)15/h3-7H,1-2H3,(H,17,18). The quantitative estimate of drug-likeness (QED) is 0.842. The van der Waals surface area contributed by atoms with Crippen LogP contribution in [0.1, 0.15) is 17.3 Å². The Morgan fingerprint density at radius 1 is 1.44 bits per heavy atom. The van der Waals surface area contributed by atoms with E-state index in [4.69, 9.17) is 5.11 Å². The van der Waals surface area contributed by atoms with Gasteiger partial charge in [-0.25, -0.2) is 9.31 Å². The molecule has 7 heteroatoms. The van der Waals surface area contributed by atoms with Crippen LogP contribution >= 0.6 is 0 Å². The molecule has 1 amide bonds. The minimum absolute atomic E-state index is 0.332. The smallest absolute Gasteiger partial charge is 0.326 e. The highest BCUT2D eigenvalue weighted by Crippen LogP contribution is 2.12. The number of hydrogen-bond acceptors (Lipinski definition) is 4. The Hall–Kier alpha value is -2.44. The van der Waals surface area contributed by atoms with Gasteiger partial charge in [0.25, 0.3) is 5.91 Å². The molecule has 1 atom stereocenters. The van der Waals surface area contributed by atoms with Crippen molar-refractivity contribution in [1.82, 2.24) is 19.5 Å². The van der Waals surface area contributed by atoms with Crippen LogP contribution in [0.5, 0.6) is 0 Å². The second-order valence-electron chi connectivity index (χ2n) is 3.89. The van der Waals surface area contributed by atoms with E-state index in [9.17, 15) is 9.59 Å². The van der Waals surface area contributed by atoms with Crippen LogP contribution in [0.25, 0.3) is 5.52 Å². The Labute approximate surface area is 103 Å². The number of carbonyl (C=O) groups is 2. The number of rotatable bonds is 3. The Bertz CT molecular complexity index is 607. The van der Waals surface area contributed by atoms with E-state index >= 15 is 0 Å². The molecule has 1 unspecified atom stereocenters. The molecule has 0 spiro atoms. The molecule has 0 radical (unpaired) electrons. The summed E-state index contributed by atoms with van der Waals surface area (Å²) in [5.74, 6) is -1.45. The maximum absolute atomic E-state index is 12.1. The minimum Gasteiger partial charge on any atom is -0.480 e. The average molecular weight is 248 g/mol. The zero-order valence-corrected chi connectivity index (χ0v) is 9.94. The van der Waals surface area contributed by atoms with Crippen molar-refractivity contribution < 1.29 is 14.7 Å². The van der Waals surface area contributed by atoms with Gasteiger partial charge in [-0.05, 0) is 6.92 Å². The summed E-state index contributed by atoms with van der Waals surface area (Å²) in [5, 5.41) is 12.9. The maximum atomic E-state index is 12.1. The Kier molecular flexibility index (Phi) is 2.97. The van der Waals surface area contributed by atoms with Crippen LogP contribution in [-0.2, 0) is 4.79 Å². The summed E-state index contributed by atoms with van der Waals surface area (Å²) in [7, 11) is 1.45. The predicted octanol–water partition coefficient (Wildman–Crippen LogP) is 0.274. The van der Waals surface area contributed by atoms with Gasteiger partial charge < -0.3 is 10.0 Å². The van der Waals surface area contributed by atoms with Crippen molar-refractivity contribution in [2.24, 2.45) is 0 Å². The molecule has 0 saturated heterocycles. The molecule has 0 aromatic carbocycles. The molecule has 0 fully saturated rings. The van der Waals surface area contributed by atoms with E-state index < -0.39 is 17.9 Å². The van der Waals surface area contributed by atoms with Crippen molar-refractivity contribution in [3.8, 4) is 0 Å². The molecule has 2 aromatic heterocycles. The number of amides is 1. The highest BCUT2D eigenvalue weighted by molar-refractivity contribution is 6.01. The summed E-state index contributed by atoms with van der Waals surface area (Å²) in [5.41, 5.74) is 0.880. The molecule has 2 aromatic rings. The molecular formula is C11H12N4O3. The van der Waals surface area contributed by atoms with Crippen LogP contribution in [0.3, 0.4) is 0 Å². The van der Waals surface area contributed by atoms with Crippen molar-refractivity contribution in [2.75, 3.05) is 7.05 Å². The van der Waals surface area contributed by atoms with Crippen LogP contribution in [0.15, 0.2) is 24.8 Å². The van der Waals surface area contributed by atoms with Gasteiger partial charge in [-0.2, -0.15) is 5.10 Å². The third-order valence-corrected chi connectivity index (χ3v) is 2.81. The maximum Gasteiger partial charge on any atom is 0.326 e. The number of likely N-dealkylation sites (N-methyl/N-ethyl adjacent to an activating group) is 1. The lowest BCUT2D eigenvalue weighted by atomic mass is 10.2. The number of hydrogen-bond donors (Lipinski definition) is 1. The van der Waals surface area contributed by atoms with Crippen molar-refractivity contribution in [1.29, 1.82) is 0 Å². The predicted molar refractivity (Wildman–Crippen MR) is 62.2 cm³/mol. The van der Waals surface area contributed by atoms with Gasteiger partial charge in [0.2, 0.25) is 0 Å². The van der Waals surface area contributed by atoms with Crippen LogP contribution < -0.4 is 0 Å². The van der Waals surface area contributed by atoms with Gasteiger partial charge in [-0.1, -0.05) is 0 Å². The molecule has 0 aliphatic heterocycles. The molecule has 0 saturated carbocycles. The summed E-state index contributed by atoms with van der Waals surface area (Å²) in [6, 6.07) is -0.899. The second kappa shape index (κ2) is 4.44. The normalized spacial score (nSPS) is 12.3. The van der Waals surface area contributed by atoms with Gasteiger partial charge in [0.1, 0.15) is 6.04 Å². The number of aromatic nitrogens is 3. The van der Waals surface area contributed by atoms with Gasteiger partial charge in [0.15, 0.2) is 0 Å².